The summed E-state index contributed by atoms with van der Waals surface area (Å²) in [6, 6.07) is 0. The van der Waals surface area contributed by atoms with Gasteiger partial charge in [-0.3, -0.25) is 0 Å². The molecule has 0 amide bonds. The Balaban J connectivity index is -0.0000000410. The normalized spacial score (nSPS) is 9.52. The molecule has 0 aromatic rings. The van der Waals surface area contributed by atoms with Crippen molar-refractivity contribution in [3.63, 3.8) is 0 Å². The summed E-state index contributed by atoms with van der Waals surface area (Å²) in [5.41, 5.74) is 0. The molecule has 0 unspecified atom stereocenters. The van der Waals surface area contributed by atoms with Gasteiger partial charge in [-0.15, -0.1) is 56.4 Å². The van der Waals surface area contributed by atoms with E-state index in [-0.39, 0.29) is 125 Å². The molecule has 24 heteroatoms. The van der Waals surface area contributed by atoms with Crippen LogP contribution >= 0.6 is 0 Å². The zero-order valence-electron chi connectivity index (χ0n) is 40.6. The van der Waals surface area contributed by atoms with Crippen molar-refractivity contribution < 1.29 is 157 Å². The summed E-state index contributed by atoms with van der Waals surface area (Å²) < 4.78 is 0. The van der Waals surface area contributed by atoms with E-state index >= 15 is 0 Å². The van der Waals surface area contributed by atoms with E-state index in [2.05, 4.69) is 0 Å². The van der Waals surface area contributed by atoms with Crippen LogP contribution in [0.1, 0.15) is 83.1 Å². The van der Waals surface area contributed by atoms with E-state index in [0.29, 0.717) is 58.9 Å². The Morgan fingerprint density at radius 2 is 0.397 bits per heavy atom. The molecule has 6 N–H and O–H groups in total. The zero-order chi connectivity index (χ0) is 49.9. The smallest absolute Gasteiger partial charge is 0.855 e. The molecule has 0 atom stereocenters. The van der Waals surface area contributed by atoms with Crippen molar-refractivity contribution in [2.24, 2.45) is 0 Å². The predicted molar refractivity (Wildman–Crippen MR) is 211 cm³/mol. The third kappa shape index (κ3) is 228. The quantitative estimate of drug-likeness (QED) is 0.0617. The van der Waals surface area contributed by atoms with Crippen molar-refractivity contribution >= 4 is 0 Å². The van der Waals surface area contributed by atoms with Crippen LogP contribution in [0.5, 0.6) is 0 Å². The first-order chi connectivity index (χ1) is 27.7. The molecule has 0 rings (SSSR count). The minimum atomic E-state index is -1.43. The standard InChI is InChI=1S/3C6H14NO3.C3H5O3.6C3H7O.3Ti/c3*8-4-1-7(2-5-9)3-6-10;4-1-3(6)2-5;6*1-3(2)4;;;/h3*8-9H,1-6H2;3H,1-2H2;6*3H,1-2H3;;;/q3*-1;-3;6*-1;3*+4. The molecule has 21 nitrogen and oxygen atoms in total. The monoisotopic (exact) mass is 1030 g/mol. The van der Waals surface area contributed by atoms with Crippen molar-refractivity contribution in [3.8, 4) is 0 Å². The van der Waals surface area contributed by atoms with Gasteiger partial charge in [-0.25, -0.2) is 0 Å². The number of rotatable bonds is 20. The maximum atomic E-state index is 10.1. The van der Waals surface area contributed by atoms with Gasteiger partial charge in [0, 0.05) is 39.3 Å². The molecule has 0 saturated heterocycles. The molecule has 0 spiro atoms. The summed E-state index contributed by atoms with van der Waals surface area (Å²) in [5, 5.41) is 167. The third-order valence-corrected chi connectivity index (χ3v) is 4.09. The fourth-order valence-electron chi connectivity index (χ4n) is 2.29. The minimum absolute atomic E-state index is 0. The van der Waals surface area contributed by atoms with Crippen molar-refractivity contribution in [2.45, 2.75) is 126 Å². The van der Waals surface area contributed by atoms with Gasteiger partial charge < -0.3 is 107 Å². The van der Waals surface area contributed by atoms with Gasteiger partial charge >= 0.3 is 65.2 Å². The second kappa shape index (κ2) is 93.4. The van der Waals surface area contributed by atoms with Crippen LogP contribution in [0.15, 0.2) is 0 Å². The molecule has 0 heterocycles. The molecule has 63 heavy (non-hydrogen) atoms. The van der Waals surface area contributed by atoms with Crippen LogP contribution in [0, 0.1) is 0 Å². The molecule has 0 radical (unpaired) electrons. The number of aliphatic hydroxyl groups is 6. The van der Waals surface area contributed by atoms with Crippen LogP contribution in [-0.4, -0.2) is 220 Å². The number of hydrogen-bond donors (Lipinski definition) is 6. The van der Waals surface area contributed by atoms with Crippen molar-refractivity contribution in [3.05, 3.63) is 0 Å². The van der Waals surface area contributed by atoms with E-state index in [4.69, 9.17) is 30.6 Å². The summed E-state index contributed by atoms with van der Waals surface area (Å²) in [7, 11) is 0. The van der Waals surface area contributed by atoms with Crippen LogP contribution in [0.2, 0.25) is 0 Å². The van der Waals surface area contributed by atoms with E-state index in [1.165, 1.54) is 0 Å². The van der Waals surface area contributed by atoms with Crippen LogP contribution in [-0.2, 0) is 65.2 Å². The van der Waals surface area contributed by atoms with Crippen LogP contribution in [0.25, 0.3) is 0 Å². The second-order valence-corrected chi connectivity index (χ2v) is 13.2. The van der Waals surface area contributed by atoms with Gasteiger partial charge in [0.25, 0.3) is 0 Å². The van der Waals surface area contributed by atoms with Gasteiger partial charge in [0.05, 0.1) is 39.6 Å². The molecule has 0 aromatic carbocycles. The van der Waals surface area contributed by atoms with Gasteiger partial charge in [0.15, 0.2) is 0 Å². The maximum Gasteiger partial charge on any atom is 4.00 e. The van der Waals surface area contributed by atoms with Gasteiger partial charge in [-0.1, -0.05) is 83.1 Å². The Hall–Kier alpha value is 1.30. The molecular formula is C39H89N3O18Ti3. The first kappa shape index (κ1) is 97.9. The number of nitrogens with zero attached hydrogens (tertiary/aromatic N) is 3. The third-order valence-electron chi connectivity index (χ3n) is 4.09. The molecule has 0 aliphatic heterocycles. The Bertz CT molecular complexity index is 486. The molecule has 0 saturated carbocycles. The molecule has 0 aliphatic carbocycles. The number of aliphatic hydroxyl groups excluding tert-OH is 6. The van der Waals surface area contributed by atoms with Crippen LogP contribution in [0.3, 0.4) is 0 Å². The fraction of sp³-hybridized carbons (Fsp3) is 1.00. The van der Waals surface area contributed by atoms with Gasteiger partial charge in [-0.2, -0.15) is 19.3 Å². The topological polar surface area (TPSA) is 408 Å². The average molecular weight is 1030 g/mol. The second-order valence-electron chi connectivity index (χ2n) is 13.2. The van der Waals surface area contributed by atoms with Gasteiger partial charge in [-0.05, 0) is 19.6 Å². The molecule has 0 bridgehead atoms. The van der Waals surface area contributed by atoms with Gasteiger partial charge in [0.2, 0.25) is 0 Å². The van der Waals surface area contributed by atoms with E-state index in [9.17, 15) is 61.3 Å². The van der Waals surface area contributed by atoms with Crippen LogP contribution in [0.4, 0.5) is 0 Å². The van der Waals surface area contributed by atoms with E-state index in [0.717, 1.165) is 0 Å². The SMILES string of the molecule is CC(C)[O-].CC(C)[O-].CC(C)[O-].CC(C)[O-].CC(C)[O-].CC(C)[O-].[O-]CC([O-])C[O-].[O-]CCN(CCO)CCO.[O-]CCN(CCO)CCO.[O-]CCN(CCO)CCO.[Ti+4].[Ti+4].[Ti+4]. The molecule has 0 aromatic heterocycles. The Kier molecular flexibility index (Phi) is 145. The summed E-state index contributed by atoms with van der Waals surface area (Å²) in [6.07, 6.45) is -3.93. The zero-order valence-corrected chi connectivity index (χ0v) is 45.3. The average Bonchev–Trinajstić information content (AvgIpc) is 3.08. The maximum absolute atomic E-state index is 10.1. The Labute approximate surface area is 426 Å². The fourth-order valence-corrected chi connectivity index (χ4v) is 2.29. The Morgan fingerprint density at radius 1 is 0.286 bits per heavy atom. The first-order valence-electron chi connectivity index (χ1n) is 20.1. The van der Waals surface area contributed by atoms with Crippen molar-refractivity contribution in [1.29, 1.82) is 0 Å². The summed E-state index contributed by atoms with van der Waals surface area (Å²) >= 11 is 0. The van der Waals surface area contributed by atoms with Crippen LogP contribution < -0.4 is 61.3 Å². The summed E-state index contributed by atoms with van der Waals surface area (Å²) in [5.74, 6) is 0. The van der Waals surface area contributed by atoms with E-state index in [1.54, 1.807) is 97.8 Å². The van der Waals surface area contributed by atoms with Gasteiger partial charge in [0.1, 0.15) is 0 Å². The minimum Gasteiger partial charge on any atom is -0.855 e. The van der Waals surface area contributed by atoms with E-state index in [1.807, 2.05) is 0 Å². The largest absolute Gasteiger partial charge is 4.00 e. The summed E-state index contributed by atoms with van der Waals surface area (Å²) in [6.45, 7) is 21.5. The summed E-state index contributed by atoms with van der Waals surface area (Å²) in [4.78, 5) is 5.19. The number of hydrogen-bond acceptors (Lipinski definition) is 21. The first-order valence-corrected chi connectivity index (χ1v) is 20.1. The van der Waals surface area contributed by atoms with Crippen molar-refractivity contribution in [1.82, 2.24) is 14.7 Å². The predicted octanol–water partition coefficient (Wildman–Crippen LogP) is -12.1. The molecule has 380 valence electrons. The molecule has 0 fully saturated rings. The Morgan fingerprint density at radius 3 is 0.444 bits per heavy atom. The molecule has 0 aliphatic rings. The molecular weight excluding hydrogens is 942 g/mol. The van der Waals surface area contributed by atoms with Crippen molar-refractivity contribution in [2.75, 3.05) is 132 Å². The van der Waals surface area contributed by atoms with E-state index < -0.39 is 55.9 Å².